The van der Waals surface area contributed by atoms with Gasteiger partial charge in [-0.05, 0) is 157 Å². The Morgan fingerprint density at radius 1 is 0.386 bits per heavy atom. The molecule has 334 valence electrons. The summed E-state index contributed by atoms with van der Waals surface area (Å²) < 4.78 is 0. The van der Waals surface area contributed by atoms with Crippen molar-refractivity contribution >= 4 is 100 Å². The Morgan fingerprint density at radius 3 is 1.41 bits per heavy atom. The second-order valence-corrected chi connectivity index (χ2v) is 18.0. The third kappa shape index (κ3) is 7.26. The predicted octanol–water partition coefficient (Wildman–Crippen LogP) is 18.3. The van der Waals surface area contributed by atoms with Crippen molar-refractivity contribution < 1.29 is 0 Å². The summed E-state index contributed by atoms with van der Waals surface area (Å²) in [5.41, 5.74) is 17.2. The quantitative estimate of drug-likeness (QED) is 0.148. The Morgan fingerprint density at radius 2 is 0.857 bits per heavy atom. The van der Waals surface area contributed by atoms with E-state index in [4.69, 9.17) is 6.58 Å². The van der Waals surface area contributed by atoms with Crippen LogP contribution in [-0.4, -0.2) is 14.1 Å². The molecule has 0 N–H and O–H groups in total. The van der Waals surface area contributed by atoms with Crippen LogP contribution in [0, 0.1) is 0 Å². The summed E-state index contributed by atoms with van der Waals surface area (Å²) in [5, 5.41) is 6.91. The molecule has 10 aromatic carbocycles. The van der Waals surface area contributed by atoms with Gasteiger partial charge >= 0.3 is 0 Å². The maximum Gasteiger partial charge on any atom is 0.0699 e. The van der Waals surface area contributed by atoms with Crippen molar-refractivity contribution in [3.05, 3.63) is 267 Å². The summed E-state index contributed by atoms with van der Waals surface area (Å²) in [4.78, 5) is 9.37. The maximum atomic E-state index is 4.92. The second-order valence-electron chi connectivity index (χ2n) is 18.0. The molecule has 2 heterocycles. The summed E-state index contributed by atoms with van der Waals surface area (Å²) in [6, 6.07) is 83.5. The smallest absolute Gasteiger partial charge is 0.0699 e. The lowest BCUT2D eigenvalue weighted by atomic mass is 9.92. The van der Waals surface area contributed by atoms with E-state index in [9.17, 15) is 0 Å². The minimum atomic E-state index is 0.865. The number of benzene rings is 9. The highest BCUT2D eigenvalue weighted by Crippen LogP contribution is 2.53. The van der Waals surface area contributed by atoms with E-state index in [1.807, 2.05) is 6.08 Å². The molecule has 0 saturated heterocycles. The molecular weight excluding hydrogens is 849 g/mol. The van der Waals surface area contributed by atoms with Crippen LogP contribution < -0.4 is 19.6 Å². The van der Waals surface area contributed by atoms with E-state index >= 15 is 0 Å². The highest BCUT2D eigenvalue weighted by Gasteiger charge is 2.29. The number of nitrogens with zero attached hydrogens (tertiary/aromatic N) is 4. The molecule has 2 aliphatic rings. The van der Waals surface area contributed by atoms with Gasteiger partial charge in [0.15, 0.2) is 0 Å². The Hall–Kier alpha value is -9.12. The first-order valence-corrected chi connectivity index (χ1v) is 23.8. The first kappa shape index (κ1) is 42.2. The first-order valence-electron chi connectivity index (χ1n) is 23.8. The fraction of sp³-hybridized carbons (Fsp3) is 0.0303. The SMILES string of the molecule is C=C/C(=C\C(=C)c1ccc(N2c3ccccc3N(C)c3ccccc32)cccc(-c2ccc3ccccc3c2)c2cc(N3c4ccccc4N(C)c4ccccc43)ccc12)c1ccc2ccccc2c1. The number of rotatable bonds is 7. The lowest BCUT2D eigenvalue weighted by Crippen LogP contribution is -2.23. The fourth-order valence-corrected chi connectivity index (χ4v) is 10.5. The van der Waals surface area contributed by atoms with Gasteiger partial charge in [-0.3, -0.25) is 0 Å². The van der Waals surface area contributed by atoms with Crippen molar-refractivity contribution in [1.82, 2.24) is 0 Å². The van der Waals surface area contributed by atoms with Crippen LogP contribution >= 0.6 is 0 Å². The maximum absolute atomic E-state index is 4.92. The van der Waals surface area contributed by atoms with Gasteiger partial charge in [-0.2, -0.15) is 0 Å². The number of allylic oxidation sites excluding steroid dienone is 4. The minimum Gasteiger partial charge on any atom is -0.341 e. The summed E-state index contributed by atoms with van der Waals surface area (Å²) in [5.74, 6) is 0. The van der Waals surface area contributed by atoms with E-state index in [2.05, 4.69) is 277 Å². The van der Waals surface area contributed by atoms with E-state index < -0.39 is 0 Å². The Balaban J connectivity index is 1.16. The van der Waals surface area contributed by atoms with Crippen LogP contribution in [0.4, 0.5) is 56.9 Å². The van der Waals surface area contributed by atoms with Crippen molar-refractivity contribution in [1.29, 1.82) is 0 Å². The van der Waals surface area contributed by atoms with Gasteiger partial charge in [-0.1, -0.05) is 165 Å². The molecule has 10 aromatic rings. The Bertz CT molecular complexity index is 3750. The predicted molar refractivity (Wildman–Crippen MR) is 301 cm³/mol. The molecule has 0 bridgehead atoms. The molecule has 0 amide bonds. The minimum absolute atomic E-state index is 0.865. The lowest BCUT2D eigenvalue weighted by Gasteiger charge is -2.38. The topological polar surface area (TPSA) is 13.0 Å². The molecule has 0 spiro atoms. The summed E-state index contributed by atoms with van der Waals surface area (Å²) in [6.07, 6.45) is 4.15. The molecular formula is C66H50N4. The molecule has 0 atom stereocenters. The van der Waals surface area contributed by atoms with Crippen LogP contribution in [0.2, 0.25) is 0 Å². The van der Waals surface area contributed by atoms with Gasteiger partial charge in [0, 0.05) is 25.5 Å². The molecule has 12 rings (SSSR count). The van der Waals surface area contributed by atoms with Gasteiger partial charge in [0.2, 0.25) is 0 Å². The number of para-hydroxylation sites is 8. The first-order chi connectivity index (χ1) is 34.4. The zero-order chi connectivity index (χ0) is 47.3. The van der Waals surface area contributed by atoms with Crippen molar-refractivity contribution in [3.8, 4) is 11.1 Å². The van der Waals surface area contributed by atoms with Crippen molar-refractivity contribution in [2.24, 2.45) is 0 Å². The summed E-state index contributed by atoms with van der Waals surface area (Å²) in [6.45, 7) is 9.27. The van der Waals surface area contributed by atoms with Crippen LogP contribution in [0.5, 0.6) is 0 Å². The molecule has 0 fully saturated rings. The molecule has 4 nitrogen and oxygen atoms in total. The standard InChI is InChI=1S/C66H50N4/c1-5-46(51-35-33-47-19-6-8-21-49(47)42-51)41-45(2)55-39-37-53(69-63-29-14-10-25-59(63)67(3)60-26-11-15-30-64(60)69)23-18-24-56(52-36-34-48-20-7-9-22-50(48)43-52)58-44-54(38-40-57(55)58)70-65-31-16-12-27-61(65)68(4)62-28-13-17-32-66(62)70/h5-44H,1-2H2,3-4H3/b23-18?,24-18?,39-37?,46-41+,53-23?,53-37?,55-39?,56-24?,57-55?,58-56?. The average Bonchev–Trinajstić information content (AvgIpc) is 3.41. The highest BCUT2D eigenvalue weighted by atomic mass is 15.3. The number of anilines is 10. The number of hydrogen-bond donors (Lipinski definition) is 0. The van der Waals surface area contributed by atoms with Crippen LogP contribution in [0.15, 0.2) is 256 Å². The van der Waals surface area contributed by atoms with Crippen molar-refractivity contribution in [3.63, 3.8) is 0 Å². The highest BCUT2D eigenvalue weighted by molar-refractivity contribution is 6.08. The Labute approximate surface area is 410 Å². The van der Waals surface area contributed by atoms with E-state index in [-0.39, 0.29) is 0 Å². The van der Waals surface area contributed by atoms with E-state index in [1.54, 1.807) is 0 Å². The molecule has 0 aliphatic carbocycles. The van der Waals surface area contributed by atoms with E-state index in [1.165, 1.54) is 21.5 Å². The molecule has 0 unspecified atom stereocenters. The normalized spacial score (nSPS) is 12.8. The molecule has 0 radical (unpaired) electrons. The fourth-order valence-electron chi connectivity index (χ4n) is 10.5. The van der Waals surface area contributed by atoms with E-state index in [0.717, 1.165) is 101 Å². The molecule has 0 aromatic heterocycles. The number of hydrogen-bond acceptors (Lipinski definition) is 4. The van der Waals surface area contributed by atoms with Crippen LogP contribution in [0.3, 0.4) is 0 Å². The van der Waals surface area contributed by atoms with Gasteiger partial charge in [-0.25, -0.2) is 0 Å². The van der Waals surface area contributed by atoms with Crippen LogP contribution in [0.25, 0.3) is 54.6 Å². The largest absolute Gasteiger partial charge is 0.341 e. The van der Waals surface area contributed by atoms with E-state index in [0.29, 0.717) is 0 Å². The second kappa shape index (κ2) is 17.5. The van der Waals surface area contributed by atoms with Crippen LogP contribution in [-0.2, 0) is 0 Å². The van der Waals surface area contributed by atoms with Crippen molar-refractivity contribution in [2.75, 3.05) is 33.7 Å². The average molecular weight is 899 g/mol. The zero-order valence-electron chi connectivity index (χ0n) is 39.3. The molecule has 2 aliphatic heterocycles. The summed E-state index contributed by atoms with van der Waals surface area (Å²) >= 11 is 0. The third-order valence-electron chi connectivity index (χ3n) is 14.0. The Kier molecular flexibility index (Phi) is 10.6. The zero-order valence-corrected chi connectivity index (χ0v) is 39.3. The summed E-state index contributed by atoms with van der Waals surface area (Å²) in [7, 11) is 4.30. The van der Waals surface area contributed by atoms with Crippen LogP contribution in [0.1, 0.15) is 11.1 Å². The molecule has 4 heteroatoms. The van der Waals surface area contributed by atoms with Gasteiger partial charge in [0.1, 0.15) is 0 Å². The van der Waals surface area contributed by atoms with Gasteiger partial charge in [0.05, 0.1) is 45.5 Å². The van der Waals surface area contributed by atoms with Crippen molar-refractivity contribution in [2.45, 2.75) is 0 Å². The number of fused-ring (bicyclic) bond motifs is 7. The van der Waals surface area contributed by atoms with Gasteiger partial charge in [0.25, 0.3) is 0 Å². The monoisotopic (exact) mass is 898 g/mol. The van der Waals surface area contributed by atoms with Gasteiger partial charge < -0.3 is 19.6 Å². The third-order valence-corrected chi connectivity index (χ3v) is 14.0. The molecule has 70 heavy (non-hydrogen) atoms. The lowest BCUT2D eigenvalue weighted by molar-refractivity contribution is 1.13. The van der Waals surface area contributed by atoms with Gasteiger partial charge in [-0.15, -0.1) is 0 Å². The molecule has 0 saturated carbocycles.